The molecule has 0 saturated carbocycles. The molecule has 8 nitrogen and oxygen atoms in total. The van der Waals surface area contributed by atoms with E-state index in [1.807, 2.05) is 22.6 Å². The van der Waals surface area contributed by atoms with E-state index >= 15 is 0 Å². The van der Waals surface area contributed by atoms with Gasteiger partial charge in [-0.05, 0) is 63.7 Å². The van der Waals surface area contributed by atoms with Gasteiger partial charge in [-0.15, -0.1) is 5.10 Å². The maximum Gasteiger partial charge on any atom is 0.165 e. The molecular weight excluding hydrogens is 316 g/mol. The van der Waals surface area contributed by atoms with Crippen LogP contribution in [0.25, 0.3) is 0 Å². The first-order chi connectivity index (χ1) is 12.0. The Labute approximate surface area is 149 Å². The van der Waals surface area contributed by atoms with Gasteiger partial charge >= 0.3 is 0 Å². The monoisotopic (exact) mass is 346 g/mol. The zero-order valence-electron chi connectivity index (χ0n) is 16.0. The third-order valence-electron chi connectivity index (χ3n) is 5.08. The number of rotatable bonds is 6. The Balaban J connectivity index is 1.69. The highest BCUT2D eigenvalue weighted by Gasteiger charge is 2.32. The van der Waals surface area contributed by atoms with E-state index in [-0.39, 0.29) is 6.04 Å². The summed E-state index contributed by atoms with van der Waals surface area (Å²) in [4.78, 5) is 4.81. The molecule has 0 aromatic carbocycles. The molecule has 3 rings (SSSR count). The molecule has 1 saturated heterocycles. The average molecular weight is 346 g/mol. The molecule has 2 aromatic rings. The third-order valence-corrected chi connectivity index (χ3v) is 5.08. The Bertz CT molecular complexity index is 676. The van der Waals surface area contributed by atoms with Gasteiger partial charge in [0.05, 0.1) is 18.8 Å². The highest BCUT2D eigenvalue weighted by Crippen LogP contribution is 2.35. The molecule has 138 valence electrons. The standard InChI is InChI=1S/C17H30N8/c1-13(2)25-16(19-20-21-25)12-22(3)10-14-7-6-8-23(4)17(14)15-9-18-24(5)11-15/h9,11,13-14,17H,6-8,10,12H2,1-5H3/t14-,17+/m0/s1. The van der Waals surface area contributed by atoms with Crippen LogP contribution in [0.4, 0.5) is 0 Å². The van der Waals surface area contributed by atoms with E-state index in [1.54, 1.807) is 0 Å². The molecule has 0 spiro atoms. The van der Waals surface area contributed by atoms with Crippen molar-refractivity contribution in [3.05, 3.63) is 23.8 Å². The first-order valence-electron chi connectivity index (χ1n) is 9.09. The van der Waals surface area contributed by atoms with Crippen molar-refractivity contribution in [1.29, 1.82) is 0 Å². The second-order valence-corrected chi connectivity index (χ2v) is 7.61. The molecule has 0 amide bonds. The second kappa shape index (κ2) is 7.61. The van der Waals surface area contributed by atoms with E-state index in [0.717, 1.165) is 25.5 Å². The van der Waals surface area contributed by atoms with Gasteiger partial charge in [0, 0.05) is 31.4 Å². The van der Waals surface area contributed by atoms with Crippen molar-refractivity contribution < 1.29 is 0 Å². The van der Waals surface area contributed by atoms with Crippen LogP contribution < -0.4 is 0 Å². The van der Waals surface area contributed by atoms with Crippen molar-refractivity contribution in [2.45, 2.75) is 45.3 Å². The van der Waals surface area contributed by atoms with Gasteiger partial charge in [-0.25, -0.2) is 4.68 Å². The van der Waals surface area contributed by atoms with Crippen molar-refractivity contribution in [1.82, 2.24) is 39.8 Å². The molecular formula is C17H30N8. The largest absolute Gasteiger partial charge is 0.299 e. The molecule has 0 N–H and O–H groups in total. The lowest BCUT2D eigenvalue weighted by molar-refractivity contribution is 0.0913. The first-order valence-corrected chi connectivity index (χ1v) is 9.09. The molecule has 1 aliphatic heterocycles. The van der Waals surface area contributed by atoms with Crippen molar-refractivity contribution in [2.75, 3.05) is 27.2 Å². The molecule has 0 radical (unpaired) electrons. The topological polar surface area (TPSA) is 67.9 Å². The molecule has 8 heteroatoms. The summed E-state index contributed by atoms with van der Waals surface area (Å²) in [6, 6.07) is 0.702. The van der Waals surface area contributed by atoms with Crippen molar-refractivity contribution in [3.63, 3.8) is 0 Å². The highest BCUT2D eigenvalue weighted by molar-refractivity contribution is 5.13. The van der Waals surface area contributed by atoms with Gasteiger partial charge in [0.15, 0.2) is 5.82 Å². The zero-order chi connectivity index (χ0) is 18.0. The molecule has 25 heavy (non-hydrogen) atoms. The molecule has 2 atom stereocenters. The number of tetrazole rings is 1. The Morgan fingerprint density at radius 1 is 1.32 bits per heavy atom. The first kappa shape index (κ1) is 18.0. The predicted molar refractivity (Wildman–Crippen MR) is 95.8 cm³/mol. The van der Waals surface area contributed by atoms with Crippen LogP contribution in [0, 0.1) is 5.92 Å². The van der Waals surface area contributed by atoms with E-state index in [1.165, 1.54) is 18.4 Å². The molecule has 2 aromatic heterocycles. The molecule has 1 fully saturated rings. The van der Waals surface area contributed by atoms with Gasteiger partial charge in [0.25, 0.3) is 0 Å². The Kier molecular flexibility index (Phi) is 5.48. The quantitative estimate of drug-likeness (QED) is 0.790. The normalized spacial score (nSPS) is 22.2. The minimum Gasteiger partial charge on any atom is -0.299 e. The number of hydrogen-bond donors (Lipinski definition) is 0. The van der Waals surface area contributed by atoms with Crippen LogP contribution >= 0.6 is 0 Å². The Morgan fingerprint density at radius 3 is 2.80 bits per heavy atom. The number of hydrogen-bond acceptors (Lipinski definition) is 6. The fourth-order valence-electron chi connectivity index (χ4n) is 3.99. The second-order valence-electron chi connectivity index (χ2n) is 7.61. The van der Waals surface area contributed by atoms with E-state index in [4.69, 9.17) is 0 Å². The highest BCUT2D eigenvalue weighted by atomic mass is 15.6. The van der Waals surface area contributed by atoms with E-state index in [9.17, 15) is 0 Å². The van der Waals surface area contributed by atoms with Crippen LogP contribution in [0.5, 0.6) is 0 Å². The summed E-state index contributed by atoms with van der Waals surface area (Å²) >= 11 is 0. The lowest BCUT2D eigenvalue weighted by Crippen LogP contribution is -2.41. The lowest BCUT2D eigenvalue weighted by Gasteiger charge is -2.40. The SMILES string of the molecule is CC(C)n1nnnc1CN(C)C[C@@H]1CCCN(C)[C@H]1c1cnn(C)c1. The van der Waals surface area contributed by atoms with Gasteiger partial charge in [0.2, 0.25) is 0 Å². The summed E-state index contributed by atoms with van der Waals surface area (Å²) in [6.07, 6.45) is 6.65. The summed E-state index contributed by atoms with van der Waals surface area (Å²) in [7, 11) is 6.37. The van der Waals surface area contributed by atoms with Gasteiger partial charge in [-0.3, -0.25) is 14.5 Å². The van der Waals surface area contributed by atoms with Gasteiger partial charge in [-0.2, -0.15) is 5.10 Å². The average Bonchev–Trinajstić information content (AvgIpc) is 3.16. The minimum absolute atomic E-state index is 0.280. The van der Waals surface area contributed by atoms with Crippen molar-refractivity contribution in [3.8, 4) is 0 Å². The van der Waals surface area contributed by atoms with Gasteiger partial charge in [0.1, 0.15) is 0 Å². The third kappa shape index (κ3) is 4.07. The lowest BCUT2D eigenvalue weighted by atomic mass is 9.86. The van der Waals surface area contributed by atoms with E-state index < -0.39 is 0 Å². The maximum atomic E-state index is 4.38. The molecule has 1 aliphatic rings. The number of aromatic nitrogens is 6. The fraction of sp³-hybridized carbons (Fsp3) is 0.765. The molecule has 3 heterocycles. The number of likely N-dealkylation sites (tertiary alicyclic amines) is 1. The summed E-state index contributed by atoms with van der Waals surface area (Å²) < 4.78 is 3.80. The number of aryl methyl sites for hydroxylation is 1. The smallest absolute Gasteiger partial charge is 0.165 e. The van der Waals surface area contributed by atoms with Crippen molar-refractivity contribution in [2.24, 2.45) is 13.0 Å². The van der Waals surface area contributed by atoms with Crippen LogP contribution in [-0.2, 0) is 13.6 Å². The van der Waals surface area contributed by atoms with Crippen molar-refractivity contribution >= 4 is 0 Å². The summed E-state index contributed by atoms with van der Waals surface area (Å²) in [5.74, 6) is 1.51. The van der Waals surface area contributed by atoms with Gasteiger partial charge in [-0.1, -0.05) is 0 Å². The fourth-order valence-corrected chi connectivity index (χ4v) is 3.99. The Morgan fingerprint density at radius 2 is 2.12 bits per heavy atom. The van der Waals surface area contributed by atoms with E-state index in [0.29, 0.717) is 12.0 Å². The molecule has 0 aliphatic carbocycles. The Hall–Kier alpha value is -1.80. The zero-order valence-corrected chi connectivity index (χ0v) is 16.0. The minimum atomic E-state index is 0.280. The summed E-state index contributed by atoms with van der Waals surface area (Å²) in [5, 5.41) is 16.5. The maximum absolute atomic E-state index is 4.38. The number of piperidine rings is 1. The van der Waals surface area contributed by atoms with Crippen LogP contribution in [0.2, 0.25) is 0 Å². The van der Waals surface area contributed by atoms with Crippen LogP contribution in [-0.4, -0.2) is 67.0 Å². The summed E-state index contributed by atoms with van der Waals surface area (Å²) in [6.45, 7) is 7.15. The summed E-state index contributed by atoms with van der Waals surface area (Å²) in [5.41, 5.74) is 1.31. The van der Waals surface area contributed by atoms with E-state index in [2.05, 4.69) is 64.6 Å². The van der Waals surface area contributed by atoms with Gasteiger partial charge < -0.3 is 0 Å². The molecule has 0 unspecified atom stereocenters. The van der Waals surface area contributed by atoms with Crippen LogP contribution in [0.3, 0.4) is 0 Å². The van der Waals surface area contributed by atoms with Crippen LogP contribution in [0.1, 0.15) is 50.2 Å². The predicted octanol–water partition coefficient (Wildman–Crippen LogP) is 1.50. The number of nitrogens with zero attached hydrogens (tertiary/aromatic N) is 8. The molecule has 0 bridgehead atoms. The van der Waals surface area contributed by atoms with Crippen LogP contribution in [0.15, 0.2) is 12.4 Å².